The van der Waals surface area contributed by atoms with Crippen LogP contribution in [0.1, 0.15) is 27.2 Å². The molecule has 0 radical (unpaired) electrons. The molecule has 1 unspecified atom stereocenters. The summed E-state index contributed by atoms with van der Waals surface area (Å²) < 4.78 is 4.94. The van der Waals surface area contributed by atoms with E-state index in [1.807, 2.05) is 0 Å². The summed E-state index contributed by atoms with van der Waals surface area (Å²) >= 11 is 0. The van der Waals surface area contributed by atoms with Crippen molar-refractivity contribution in [3.63, 3.8) is 0 Å². The molecule has 4 heteroatoms. The summed E-state index contributed by atoms with van der Waals surface area (Å²) in [7, 11) is 1.69. The van der Waals surface area contributed by atoms with E-state index in [1.54, 1.807) is 7.11 Å². The fraction of sp³-hybridized carbons (Fsp3) is 0.900. The molecular weight excluding hydrogens is 178 g/mol. The first-order valence-corrected chi connectivity index (χ1v) is 5.28. The lowest BCUT2D eigenvalue weighted by atomic mass is 10.3. The Hall–Kier alpha value is -0.770. The molecule has 84 valence electrons. The van der Waals surface area contributed by atoms with Crippen LogP contribution in [0.4, 0.5) is 0 Å². The minimum Gasteiger partial charge on any atom is -0.383 e. The molecule has 0 aromatic heterocycles. The smallest absolute Gasteiger partial charge is 0.191 e. The number of hydrogen-bond donors (Lipinski definition) is 2. The molecule has 0 amide bonds. The lowest BCUT2D eigenvalue weighted by molar-refractivity contribution is 0.208. The molecule has 0 saturated heterocycles. The van der Waals surface area contributed by atoms with Gasteiger partial charge in [-0.3, -0.25) is 4.99 Å². The number of aliphatic imine (C=N–C) groups is 1. The van der Waals surface area contributed by atoms with Crippen molar-refractivity contribution >= 4 is 5.96 Å². The summed E-state index contributed by atoms with van der Waals surface area (Å²) in [5.74, 6) is 0.874. The van der Waals surface area contributed by atoms with Crippen molar-refractivity contribution in [1.82, 2.24) is 10.6 Å². The van der Waals surface area contributed by atoms with Crippen LogP contribution in [0, 0.1) is 0 Å². The van der Waals surface area contributed by atoms with Gasteiger partial charge in [-0.1, -0.05) is 6.92 Å². The number of hydrogen-bond acceptors (Lipinski definition) is 2. The predicted molar refractivity (Wildman–Crippen MR) is 60.7 cm³/mol. The third kappa shape index (κ3) is 6.71. The molecule has 1 atom stereocenters. The second-order valence-corrected chi connectivity index (χ2v) is 3.21. The van der Waals surface area contributed by atoms with Crippen molar-refractivity contribution in [1.29, 1.82) is 0 Å². The van der Waals surface area contributed by atoms with Gasteiger partial charge < -0.3 is 15.4 Å². The van der Waals surface area contributed by atoms with E-state index in [-0.39, 0.29) is 0 Å². The van der Waals surface area contributed by atoms with Gasteiger partial charge in [-0.05, 0) is 20.3 Å². The summed E-state index contributed by atoms with van der Waals surface area (Å²) in [5.41, 5.74) is 0. The van der Waals surface area contributed by atoms with Gasteiger partial charge in [-0.25, -0.2) is 0 Å². The molecule has 0 fully saturated rings. The summed E-state index contributed by atoms with van der Waals surface area (Å²) in [6.45, 7) is 8.60. The zero-order valence-corrected chi connectivity index (χ0v) is 9.76. The zero-order chi connectivity index (χ0) is 10.8. The highest BCUT2D eigenvalue weighted by molar-refractivity contribution is 5.79. The van der Waals surface area contributed by atoms with E-state index in [0.29, 0.717) is 19.2 Å². The maximum absolute atomic E-state index is 4.94. The number of nitrogens with zero attached hydrogens (tertiary/aromatic N) is 1. The van der Waals surface area contributed by atoms with Crippen LogP contribution in [0.25, 0.3) is 0 Å². The molecule has 0 aliphatic carbocycles. The van der Waals surface area contributed by atoms with E-state index in [0.717, 1.165) is 18.9 Å². The van der Waals surface area contributed by atoms with E-state index in [4.69, 9.17) is 4.74 Å². The first-order valence-electron chi connectivity index (χ1n) is 5.28. The fourth-order valence-corrected chi connectivity index (χ4v) is 0.904. The SMILES string of the molecule is CCNC(=NCCOC)NC(C)CC. The van der Waals surface area contributed by atoms with Crippen molar-refractivity contribution in [2.75, 3.05) is 26.8 Å². The Bertz CT molecular complexity index is 159. The first kappa shape index (κ1) is 13.2. The van der Waals surface area contributed by atoms with Crippen LogP contribution < -0.4 is 10.6 Å². The monoisotopic (exact) mass is 201 g/mol. The Labute approximate surface area is 87.1 Å². The standard InChI is InChI=1S/C10H23N3O/c1-5-9(3)13-10(11-6-2)12-7-8-14-4/h9H,5-8H2,1-4H3,(H2,11,12,13). The first-order chi connectivity index (χ1) is 6.74. The molecule has 14 heavy (non-hydrogen) atoms. The molecule has 0 aliphatic rings. The van der Waals surface area contributed by atoms with Gasteiger partial charge >= 0.3 is 0 Å². The Morgan fingerprint density at radius 2 is 2.14 bits per heavy atom. The largest absolute Gasteiger partial charge is 0.383 e. The van der Waals surface area contributed by atoms with Gasteiger partial charge in [0.05, 0.1) is 13.2 Å². The second kappa shape index (κ2) is 8.81. The maximum atomic E-state index is 4.94. The summed E-state index contributed by atoms with van der Waals surface area (Å²) in [4.78, 5) is 4.36. The van der Waals surface area contributed by atoms with Crippen molar-refractivity contribution in [2.45, 2.75) is 33.2 Å². The second-order valence-electron chi connectivity index (χ2n) is 3.21. The van der Waals surface area contributed by atoms with Gasteiger partial charge in [-0.2, -0.15) is 0 Å². The molecule has 0 spiro atoms. The third-order valence-corrected chi connectivity index (χ3v) is 1.91. The molecular formula is C10H23N3O. The van der Waals surface area contributed by atoms with E-state index < -0.39 is 0 Å². The minimum absolute atomic E-state index is 0.454. The van der Waals surface area contributed by atoms with Gasteiger partial charge in [0.15, 0.2) is 5.96 Å². The van der Waals surface area contributed by atoms with Crippen molar-refractivity contribution in [2.24, 2.45) is 4.99 Å². The number of methoxy groups -OCH3 is 1. The molecule has 0 bridgehead atoms. The Morgan fingerprint density at radius 3 is 2.64 bits per heavy atom. The summed E-state index contributed by atoms with van der Waals surface area (Å²) in [6, 6.07) is 0.454. The lowest BCUT2D eigenvalue weighted by Gasteiger charge is -2.15. The molecule has 0 aromatic rings. The van der Waals surface area contributed by atoms with Gasteiger partial charge in [0, 0.05) is 19.7 Å². The Balaban J connectivity index is 3.92. The number of ether oxygens (including phenoxy) is 1. The lowest BCUT2D eigenvalue weighted by Crippen LogP contribution is -2.42. The highest BCUT2D eigenvalue weighted by Gasteiger charge is 2.01. The van der Waals surface area contributed by atoms with Crippen LogP contribution in [-0.4, -0.2) is 38.8 Å². The average Bonchev–Trinajstić information content (AvgIpc) is 2.18. The van der Waals surface area contributed by atoms with Crippen LogP contribution in [0.15, 0.2) is 4.99 Å². The molecule has 4 nitrogen and oxygen atoms in total. The van der Waals surface area contributed by atoms with E-state index in [9.17, 15) is 0 Å². The van der Waals surface area contributed by atoms with Crippen LogP contribution >= 0.6 is 0 Å². The van der Waals surface area contributed by atoms with Crippen molar-refractivity contribution in [3.8, 4) is 0 Å². The van der Waals surface area contributed by atoms with E-state index >= 15 is 0 Å². The van der Waals surface area contributed by atoms with Crippen LogP contribution in [-0.2, 0) is 4.74 Å². The Morgan fingerprint density at radius 1 is 1.43 bits per heavy atom. The van der Waals surface area contributed by atoms with Crippen molar-refractivity contribution < 1.29 is 4.74 Å². The van der Waals surface area contributed by atoms with Gasteiger partial charge in [-0.15, -0.1) is 0 Å². The highest BCUT2D eigenvalue weighted by Crippen LogP contribution is 1.87. The highest BCUT2D eigenvalue weighted by atomic mass is 16.5. The average molecular weight is 201 g/mol. The summed E-state index contributed by atoms with van der Waals surface area (Å²) in [6.07, 6.45) is 1.09. The van der Waals surface area contributed by atoms with Gasteiger partial charge in [0.1, 0.15) is 0 Å². The fourth-order valence-electron chi connectivity index (χ4n) is 0.904. The van der Waals surface area contributed by atoms with Crippen molar-refractivity contribution in [3.05, 3.63) is 0 Å². The number of guanidine groups is 1. The minimum atomic E-state index is 0.454. The predicted octanol–water partition coefficient (Wildman–Crippen LogP) is 0.986. The van der Waals surface area contributed by atoms with Crippen LogP contribution in [0.5, 0.6) is 0 Å². The molecule has 0 rings (SSSR count). The number of rotatable bonds is 6. The Kier molecular flexibility index (Phi) is 8.33. The van der Waals surface area contributed by atoms with Crippen LogP contribution in [0.3, 0.4) is 0 Å². The quantitative estimate of drug-likeness (QED) is 0.383. The maximum Gasteiger partial charge on any atom is 0.191 e. The van der Waals surface area contributed by atoms with E-state index in [2.05, 4.69) is 36.4 Å². The molecule has 0 aromatic carbocycles. The molecule has 2 N–H and O–H groups in total. The third-order valence-electron chi connectivity index (χ3n) is 1.91. The van der Waals surface area contributed by atoms with E-state index in [1.165, 1.54) is 0 Å². The normalized spacial score (nSPS) is 13.9. The topological polar surface area (TPSA) is 45.7 Å². The molecule has 0 heterocycles. The molecule has 0 saturated carbocycles. The summed E-state index contributed by atoms with van der Waals surface area (Å²) in [5, 5.41) is 6.50. The zero-order valence-electron chi connectivity index (χ0n) is 9.76. The van der Waals surface area contributed by atoms with Gasteiger partial charge in [0.2, 0.25) is 0 Å². The number of nitrogens with one attached hydrogen (secondary N) is 2. The molecule has 0 aliphatic heterocycles. The van der Waals surface area contributed by atoms with Gasteiger partial charge in [0.25, 0.3) is 0 Å². The van der Waals surface area contributed by atoms with Crippen LogP contribution in [0.2, 0.25) is 0 Å².